The van der Waals surface area contributed by atoms with Gasteiger partial charge in [-0.2, -0.15) is 0 Å². The highest BCUT2D eigenvalue weighted by molar-refractivity contribution is 5.93. The summed E-state index contributed by atoms with van der Waals surface area (Å²) in [6, 6.07) is 0.454. The van der Waals surface area contributed by atoms with E-state index in [-0.39, 0.29) is 0 Å². The topological polar surface area (TPSA) is 80.9 Å². The van der Waals surface area contributed by atoms with E-state index in [0.717, 1.165) is 29.9 Å². The first-order valence-corrected chi connectivity index (χ1v) is 9.02. The number of nitrogens with one attached hydrogen (secondary N) is 1. The lowest BCUT2D eigenvalue weighted by molar-refractivity contribution is -0.0800. The van der Waals surface area contributed by atoms with E-state index in [1.54, 1.807) is 6.20 Å². The van der Waals surface area contributed by atoms with Crippen LogP contribution in [0.2, 0.25) is 0 Å². The summed E-state index contributed by atoms with van der Waals surface area (Å²) in [5.41, 5.74) is 6.85. The third-order valence-electron chi connectivity index (χ3n) is 6.33. The third kappa shape index (κ3) is 2.81. The summed E-state index contributed by atoms with van der Waals surface area (Å²) in [6.45, 7) is 2.32. The minimum Gasteiger partial charge on any atom is -0.365 e. The van der Waals surface area contributed by atoms with E-state index in [1.165, 1.54) is 38.5 Å². The highest BCUT2D eigenvalue weighted by Crippen LogP contribution is 2.59. The molecule has 2 bridgehead atoms. The number of primary amides is 1. The molecule has 124 valence electrons. The first-order chi connectivity index (χ1) is 11.1. The van der Waals surface area contributed by atoms with E-state index in [2.05, 4.69) is 22.2 Å². The molecule has 0 aliphatic heterocycles. The van der Waals surface area contributed by atoms with Crippen LogP contribution in [-0.4, -0.2) is 21.9 Å². The molecule has 0 aromatic carbocycles. The number of nitrogens with zero attached hydrogens (tertiary/aromatic N) is 2. The van der Waals surface area contributed by atoms with Crippen molar-refractivity contribution in [3.8, 4) is 0 Å². The minimum absolute atomic E-state index is 0.411. The summed E-state index contributed by atoms with van der Waals surface area (Å²) < 4.78 is 0. The first kappa shape index (κ1) is 14.9. The quantitative estimate of drug-likeness (QED) is 0.875. The molecule has 4 saturated carbocycles. The number of carbonyl (C=O) groups excluding carboxylic acids is 1. The number of rotatable bonds is 5. The van der Waals surface area contributed by atoms with Gasteiger partial charge < -0.3 is 11.1 Å². The molecule has 4 fully saturated rings. The number of carbonyl (C=O) groups is 1. The Hall–Kier alpha value is -1.65. The molecule has 0 saturated heterocycles. The second-order valence-electron chi connectivity index (χ2n) is 7.88. The molecule has 0 radical (unpaired) electrons. The lowest BCUT2D eigenvalue weighted by Crippen LogP contribution is -2.51. The van der Waals surface area contributed by atoms with Gasteiger partial charge in [0.05, 0.1) is 11.3 Å². The van der Waals surface area contributed by atoms with E-state index in [0.29, 0.717) is 23.5 Å². The Morgan fingerprint density at radius 2 is 1.96 bits per heavy atom. The first-order valence-electron chi connectivity index (χ1n) is 9.02. The van der Waals surface area contributed by atoms with Crippen LogP contribution in [0.4, 0.5) is 5.95 Å². The smallest absolute Gasteiger partial charge is 0.252 e. The Bertz CT molecular complexity index is 595. The fourth-order valence-electron chi connectivity index (χ4n) is 4.39. The van der Waals surface area contributed by atoms with Crippen LogP contribution in [0.15, 0.2) is 6.20 Å². The summed E-state index contributed by atoms with van der Waals surface area (Å²) in [7, 11) is 0. The van der Waals surface area contributed by atoms with Gasteiger partial charge in [-0.25, -0.2) is 9.97 Å². The molecule has 3 N–H and O–H groups in total. The van der Waals surface area contributed by atoms with Crippen LogP contribution >= 0.6 is 0 Å². The zero-order valence-corrected chi connectivity index (χ0v) is 13.8. The van der Waals surface area contributed by atoms with Gasteiger partial charge in [0, 0.05) is 12.2 Å². The number of hydrogen-bond acceptors (Lipinski definition) is 4. The number of amides is 1. The molecule has 0 unspecified atom stereocenters. The lowest BCUT2D eigenvalue weighted by atomic mass is 9.47. The fourth-order valence-corrected chi connectivity index (χ4v) is 4.39. The van der Waals surface area contributed by atoms with Crippen LogP contribution in [0.5, 0.6) is 0 Å². The number of anilines is 1. The molecule has 23 heavy (non-hydrogen) atoms. The van der Waals surface area contributed by atoms with Crippen molar-refractivity contribution in [2.24, 2.45) is 29.4 Å². The summed E-state index contributed by atoms with van der Waals surface area (Å²) in [5, 5.41) is 3.47. The third-order valence-corrected chi connectivity index (χ3v) is 6.33. The molecule has 1 amide bonds. The second-order valence-corrected chi connectivity index (χ2v) is 7.88. The molecular weight excluding hydrogens is 288 g/mol. The van der Waals surface area contributed by atoms with Crippen molar-refractivity contribution in [3.05, 3.63) is 17.5 Å². The normalized spacial score (nSPS) is 35.1. The van der Waals surface area contributed by atoms with E-state index >= 15 is 0 Å². The van der Waals surface area contributed by atoms with Crippen LogP contribution in [0.3, 0.4) is 0 Å². The van der Waals surface area contributed by atoms with Crippen LogP contribution < -0.4 is 11.1 Å². The van der Waals surface area contributed by atoms with Gasteiger partial charge in [0.2, 0.25) is 5.95 Å². The number of nitrogens with two attached hydrogens (primary N) is 1. The summed E-state index contributed by atoms with van der Waals surface area (Å²) in [4.78, 5) is 20.7. The van der Waals surface area contributed by atoms with Gasteiger partial charge in [0.25, 0.3) is 5.91 Å². The molecule has 1 aromatic heterocycles. The molecule has 0 spiro atoms. The lowest BCUT2D eigenvalue weighted by Gasteiger charge is -2.58. The molecule has 5 nitrogen and oxygen atoms in total. The highest BCUT2D eigenvalue weighted by atomic mass is 16.1. The molecular formula is C18H26N4O. The molecule has 4 aliphatic rings. The van der Waals surface area contributed by atoms with Crippen LogP contribution in [0.1, 0.15) is 61.5 Å². The van der Waals surface area contributed by atoms with Crippen molar-refractivity contribution in [2.45, 2.75) is 57.9 Å². The molecule has 5 heteroatoms. The Balaban J connectivity index is 1.47. The Kier molecular flexibility index (Phi) is 3.74. The second kappa shape index (κ2) is 5.77. The fraction of sp³-hybridized carbons (Fsp3) is 0.722. The Morgan fingerprint density at radius 1 is 1.26 bits per heavy atom. The standard InChI is InChI=1S/C18H26N4O/c1-10-2-4-13(5-3-10)21-18-20-9-15(17(19)23)16(22-18)8-14-11-6-12(14)7-11/h9-14H,2-8H2,1H3,(H2,19,23)(H,20,21,22). The van der Waals surface area contributed by atoms with Gasteiger partial charge in [0.1, 0.15) is 0 Å². The van der Waals surface area contributed by atoms with E-state index < -0.39 is 5.91 Å². The van der Waals surface area contributed by atoms with Gasteiger partial charge in [-0.05, 0) is 68.6 Å². The molecule has 4 aliphatic carbocycles. The Morgan fingerprint density at radius 3 is 2.52 bits per heavy atom. The van der Waals surface area contributed by atoms with Crippen molar-refractivity contribution < 1.29 is 4.79 Å². The molecule has 0 atom stereocenters. The van der Waals surface area contributed by atoms with Gasteiger partial charge in [-0.15, -0.1) is 0 Å². The maximum atomic E-state index is 11.7. The summed E-state index contributed by atoms with van der Waals surface area (Å²) in [6.07, 6.45) is 10.1. The van der Waals surface area contributed by atoms with E-state index in [9.17, 15) is 4.79 Å². The van der Waals surface area contributed by atoms with Crippen molar-refractivity contribution in [2.75, 3.05) is 5.32 Å². The zero-order valence-electron chi connectivity index (χ0n) is 13.8. The van der Waals surface area contributed by atoms with Crippen molar-refractivity contribution in [1.82, 2.24) is 9.97 Å². The van der Waals surface area contributed by atoms with Gasteiger partial charge in [-0.1, -0.05) is 6.92 Å². The predicted molar refractivity (Wildman–Crippen MR) is 89.0 cm³/mol. The van der Waals surface area contributed by atoms with E-state index in [4.69, 9.17) is 5.73 Å². The maximum absolute atomic E-state index is 11.7. The van der Waals surface area contributed by atoms with Crippen molar-refractivity contribution in [3.63, 3.8) is 0 Å². The molecule has 5 rings (SSSR count). The molecule has 1 aromatic rings. The van der Waals surface area contributed by atoms with E-state index in [1.807, 2.05) is 0 Å². The predicted octanol–water partition coefficient (Wildman–Crippen LogP) is 2.76. The number of aromatic nitrogens is 2. The highest BCUT2D eigenvalue weighted by Gasteiger charge is 2.52. The SMILES string of the molecule is CC1CCC(Nc2ncc(C(N)=O)c(CC3C4CC3C4)n2)CC1. The Labute approximate surface area is 137 Å². The monoisotopic (exact) mass is 314 g/mol. The largest absolute Gasteiger partial charge is 0.365 e. The maximum Gasteiger partial charge on any atom is 0.252 e. The average molecular weight is 314 g/mol. The van der Waals surface area contributed by atoms with Crippen LogP contribution in [0, 0.1) is 23.7 Å². The zero-order chi connectivity index (χ0) is 16.0. The van der Waals surface area contributed by atoms with Gasteiger partial charge in [-0.3, -0.25) is 4.79 Å². The van der Waals surface area contributed by atoms with Gasteiger partial charge >= 0.3 is 0 Å². The minimum atomic E-state index is -0.411. The summed E-state index contributed by atoms with van der Waals surface area (Å²) in [5.74, 6) is 3.50. The molecule has 1 heterocycles. The van der Waals surface area contributed by atoms with Crippen LogP contribution in [0.25, 0.3) is 0 Å². The van der Waals surface area contributed by atoms with Crippen molar-refractivity contribution in [1.29, 1.82) is 0 Å². The van der Waals surface area contributed by atoms with Gasteiger partial charge in [0.15, 0.2) is 0 Å². The summed E-state index contributed by atoms with van der Waals surface area (Å²) >= 11 is 0. The average Bonchev–Trinajstić information content (AvgIpc) is 2.45. The van der Waals surface area contributed by atoms with Crippen LogP contribution in [-0.2, 0) is 6.42 Å². The van der Waals surface area contributed by atoms with Crippen molar-refractivity contribution >= 4 is 11.9 Å². The number of hydrogen-bond donors (Lipinski definition) is 2.